The molecule has 2 fully saturated rings. The van der Waals surface area contributed by atoms with Crippen molar-refractivity contribution in [1.82, 2.24) is 15.0 Å². The number of ether oxygens (including phenoxy) is 3. The van der Waals surface area contributed by atoms with Crippen LogP contribution in [-0.4, -0.2) is 73.3 Å². The number of H-pyrrole nitrogens is 1. The molecule has 3 aromatic rings. The highest BCUT2D eigenvalue weighted by Crippen LogP contribution is 2.37. The van der Waals surface area contributed by atoms with Crippen molar-refractivity contribution in [3.63, 3.8) is 0 Å². The van der Waals surface area contributed by atoms with Crippen LogP contribution >= 0.6 is 0 Å². The molecule has 0 aliphatic carbocycles. The van der Waals surface area contributed by atoms with Crippen LogP contribution in [0.15, 0.2) is 36.7 Å². The third-order valence-corrected chi connectivity index (χ3v) is 6.18. The van der Waals surface area contributed by atoms with E-state index in [1.54, 1.807) is 0 Å². The number of morpholine rings is 1. The molecule has 1 N–H and O–H groups in total. The summed E-state index contributed by atoms with van der Waals surface area (Å²) in [6.07, 6.45) is 4.66. The molecule has 0 radical (unpaired) electrons. The molecule has 0 unspecified atom stereocenters. The monoisotopic (exact) mass is 407 g/mol. The normalized spacial score (nSPS) is 21.8. The summed E-state index contributed by atoms with van der Waals surface area (Å²) in [6.45, 7) is 5.41. The first-order valence-electron chi connectivity index (χ1n) is 10.6. The predicted molar refractivity (Wildman–Crippen MR) is 114 cm³/mol. The van der Waals surface area contributed by atoms with Crippen LogP contribution in [0.1, 0.15) is 6.42 Å². The van der Waals surface area contributed by atoms with E-state index in [1.807, 2.05) is 18.5 Å². The van der Waals surface area contributed by atoms with Crippen LogP contribution in [0.25, 0.3) is 22.3 Å². The molecule has 0 saturated carbocycles. The SMILES string of the molecule is c1cc(-c2ncc3c(n2)N2CCOC[C@H]2CN3CCC2OCCO2)c2cc[nH]c2c1. The standard InChI is InChI=1S/C22H25N5O3/c1-2-17(16-4-6-23-18(16)3-1)21-24-12-19-22(25-21)27-8-9-28-14-15(27)13-26(19)7-5-20-29-10-11-30-20/h1-4,6,12,15,20,23H,5,7-11,13-14H2/t15-/m1/s1. The largest absolute Gasteiger partial charge is 0.377 e. The van der Waals surface area contributed by atoms with Crippen LogP contribution in [-0.2, 0) is 14.2 Å². The molecule has 8 heteroatoms. The van der Waals surface area contributed by atoms with Crippen molar-refractivity contribution in [1.29, 1.82) is 0 Å². The topological polar surface area (TPSA) is 75.7 Å². The lowest BCUT2D eigenvalue weighted by Crippen LogP contribution is -2.56. The molecule has 2 aromatic heterocycles. The van der Waals surface area contributed by atoms with E-state index in [1.165, 1.54) is 0 Å². The Morgan fingerprint density at radius 2 is 2.07 bits per heavy atom. The van der Waals surface area contributed by atoms with Gasteiger partial charge >= 0.3 is 0 Å². The first kappa shape index (κ1) is 18.1. The second-order valence-corrected chi connectivity index (χ2v) is 7.97. The number of hydrogen-bond acceptors (Lipinski definition) is 7. The number of fused-ring (bicyclic) bond motifs is 4. The number of rotatable bonds is 4. The number of nitrogens with zero attached hydrogens (tertiary/aromatic N) is 4. The molecule has 1 aromatic carbocycles. The number of aromatic nitrogens is 3. The molecule has 8 nitrogen and oxygen atoms in total. The van der Waals surface area contributed by atoms with E-state index in [2.05, 4.69) is 33.0 Å². The lowest BCUT2D eigenvalue weighted by atomic mass is 10.1. The fraction of sp³-hybridized carbons (Fsp3) is 0.455. The molecular weight excluding hydrogens is 382 g/mol. The first-order valence-corrected chi connectivity index (χ1v) is 10.6. The fourth-order valence-corrected chi connectivity index (χ4v) is 4.70. The smallest absolute Gasteiger partial charge is 0.162 e. The van der Waals surface area contributed by atoms with Crippen molar-refractivity contribution in [2.24, 2.45) is 0 Å². The molecule has 1 atom stereocenters. The molecule has 5 heterocycles. The molecule has 3 aliphatic heterocycles. The average Bonchev–Trinajstić information content (AvgIpc) is 3.49. The van der Waals surface area contributed by atoms with Crippen molar-refractivity contribution in [3.05, 3.63) is 36.7 Å². The van der Waals surface area contributed by atoms with E-state index in [0.29, 0.717) is 19.3 Å². The van der Waals surface area contributed by atoms with Crippen LogP contribution in [0.2, 0.25) is 0 Å². The Hall–Kier alpha value is -2.68. The lowest BCUT2D eigenvalue weighted by Gasteiger charge is -2.45. The van der Waals surface area contributed by atoms with Gasteiger partial charge in [-0.15, -0.1) is 0 Å². The van der Waals surface area contributed by atoms with Gasteiger partial charge in [0.05, 0.1) is 44.4 Å². The fourth-order valence-electron chi connectivity index (χ4n) is 4.70. The summed E-state index contributed by atoms with van der Waals surface area (Å²) < 4.78 is 17.0. The molecular formula is C22H25N5O3. The molecule has 0 bridgehead atoms. The number of hydrogen-bond donors (Lipinski definition) is 1. The average molecular weight is 407 g/mol. The van der Waals surface area contributed by atoms with Crippen LogP contribution in [0.4, 0.5) is 11.5 Å². The van der Waals surface area contributed by atoms with Crippen molar-refractivity contribution in [2.75, 3.05) is 55.9 Å². The minimum atomic E-state index is -0.111. The highest BCUT2D eigenvalue weighted by atomic mass is 16.7. The van der Waals surface area contributed by atoms with Gasteiger partial charge in [0.1, 0.15) is 0 Å². The molecule has 3 aliphatic rings. The summed E-state index contributed by atoms with van der Waals surface area (Å²) in [6, 6.07) is 8.58. The summed E-state index contributed by atoms with van der Waals surface area (Å²) in [5, 5.41) is 1.14. The van der Waals surface area contributed by atoms with E-state index in [-0.39, 0.29) is 6.29 Å². The van der Waals surface area contributed by atoms with Gasteiger partial charge in [-0.3, -0.25) is 0 Å². The van der Waals surface area contributed by atoms with E-state index in [9.17, 15) is 0 Å². The summed E-state index contributed by atoms with van der Waals surface area (Å²) in [4.78, 5) is 17.9. The Kier molecular flexibility index (Phi) is 4.55. The lowest BCUT2D eigenvalue weighted by molar-refractivity contribution is -0.0450. The maximum Gasteiger partial charge on any atom is 0.162 e. The second kappa shape index (κ2) is 7.54. The molecule has 0 spiro atoms. The Labute approximate surface area is 174 Å². The Morgan fingerprint density at radius 1 is 1.13 bits per heavy atom. The maximum atomic E-state index is 5.78. The van der Waals surface area contributed by atoms with Gasteiger partial charge in [0, 0.05) is 48.7 Å². The number of nitrogens with one attached hydrogen (secondary N) is 1. The van der Waals surface area contributed by atoms with Gasteiger partial charge < -0.3 is 29.0 Å². The quantitative estimate of drug-likeness (QED) is 0.712. The molecule has 30 heavy (non-hydrogen) atoms. The van der Waals surface area contributed by atoms with Gasteiger partial charge in [0.25, 0.3) is 0 Å². The van der Waals surface area contributed by atoms with Crippen LogP contribution < -0.4 is 9.80 Å². The summed E-state index contributed by atoms with van der Waals surface area (Å²) in [7, 11) is 0. The Bertz CT molecular complexity index is 1050. The van der Waals surface area contributed by atoms with Gasteiger partial charge in [-0.05, 0) is 12.1 Å². The van der Waals surface area contributed by atoms with E-state index < -0.39 is 0 Å². The third kappa shape index (κ3) is 3.12. The minimum Gasteiger partial charge on any atom is -0.377 e. The predicted octanol–water partition coefficient (Wildman–Crippen LogP) is 2.41. The van der Waals surface area contributed by atoms with Crippen LogP contribution in [0.5, 0.6) is 0 Å². The number of aromatic amines is 1. The number of anilines is 2. The molecule has 2 saturated heterocycles. The molecule has 0 amide bonds. The zero-order valence-electron chi connectivity index (χ0n) is 16.8. The zero-order chi connectivity index (χ0) is 19.9. The van der Waals surface area contributed by atoms with E-state index in [0.717, 1.165) is 73.1 Å². The number of benzene rings is 1. The van der Waals surface area contributed by atoms with E-state index in [4.69, 9.17) is 24.2 Å². The van der Waals surface area contributed by atoms with Crippen molar-refractivity contribution in [2.45, 2.75) is 18.8 Å². The first-order chi connectivity index (χ1) is 14.9. The summed E-state index contributed by atoms with van der Waals surface area (Å²) in [5.74, 6) is 1.76. The van der Waals surface area contributed by atoms with Crippen LogP contribution in [0, 0.1) is 0 Å². The molecule has 156 valence electrons. The van der Waals surface area contributed by atoms with Crippen molar-refractivity contribution < 1.29 is 14.2 Å². The van der Waals surface area contributed by atoms with Gasteiger partial charge in [0.2, 0.25) is 0 Å². The van der Waals surface area contributed by atoms with Crippen molar-refractivity contribution >= 4 is 22.4 Å². The van der Waals surface area contributed by atoms with Gasteiger partial charge in [0.15, 0.2) is 17.9 Å². The summed E-state index contributed by atoms with van der Waals surface area (Å²) >= 11 is 0. The van der Waals surface area contributed by atoms with Crippen LogP contribution in [0.3, 0.4) is 0 Å². The molecule has 6 rings (SSSR count). The minimum absolute atomic E-state index is 0.111. The highest BCUT2D eigenvalue weighted by molar-refractivity contribution is 5.93. The van der Waals surface area contributed by atoms with Gasteiger partial charge in [-0.1, -0.05) is 12.1 Å². The Morgan fingerprint density at radius 3 is 3.00 bits per heavy atom. The second-order valence-electron chi connectivity index (χ2n) is 7.97. The zero-order valence-corrected chi connectivity index (χ0v) is 16.8. The van der Waals surface area contributed by atoms with E-state index >= 15 is 0 Å². The Balaban J connectivity index is 1.37. The van der Waals surface area contributed by atoms with Crippen molar-refractivity contribution in [3.8, 4) is 11.4 Å². The van der Waals surface area contributed by atoms with Gasteiger partial charge in [-0.2, -0.15) is 0 Å². The summed E-state index contributed by atoms with van der Waals surface area (Å²) in [5.41, 5.74) is 3.22. The van der Waals surface area contributed by atoms with Gasteiger partial charge in [-0.25, -0.2) is 9.97 Å². The highest BCUT2D eigenvalue weighted by Gasteiger charge is 2.35. The maximum absolute atomic E-state index is 5.78. The third-order valence-electron chi connectivity index (χ3n) is 6.18.